The topological polar surface area (TPSA) is 48.1 Å². The Hall–Kier alpha value is -0.710. The molecule has 4 nitrogen and oxygen atoms in total. The van der Waals surface area contributed by atoms with Gasteiger partial charge < -0.3 is 14.2 Å². The van der Waals surface area contributed by atoms with Gasteiger partial charge in [0, 0.05) is 24.7 Å². The lowest BCUT2D eigenvalue weighted by Crippen LogP contribution is -2.51. The molecule has 0 radical (unpaired) electrons. The average molecular weight is 330 g/mol. The molecule has 130 valence electrons. The van der Waals surface area contributed by atoms with Crippen LogP contribution in [0.3, 0.4) is 0 Å². The molecule has 0 amide bonds. The number of ether oxygens (including phenoxy) is 3. The lowest BCUT2D eigenvalue weighted by molar-refractivity contribution is -0.185. The van der Waals surface area contributed by atoms with E-state index in [0.717, 1.165) is 64.6 Å². The Balaban J connectivity index is 1.37. The fraction of sp³-hybridized carbons (Fsp3) is 0.850. The van der Waals surface area contributed by atoms with Crippen molar-refractivity contribution in [1.29, 1.82) is 0 Å². The van der Waals surface area contributed by atoms with Gasteiger partial charge in [0.05, 0.1) is 13.2 Å². The third-order valence-electron chi connectivity index (χ3n) is 8.38. The number of carbonyl (C=O) groups excluding carboxylic acids is 1. The zero-order valence-corrected chi connectivity index (χ0v) is 14.4. The summed E-state index contributed by atoms with van der Waals surface area (Å²) in [4.78, 5) is 12.5. The molecular formula is C20H26O4. The Morgan fingerprint density at radius 2 is 1.96 bits per heavy atom. The van der Waals surface area contributed by atoms with Crippen LogP contribution in [0.2, 0.25) is 0 Å². The average Bonchev–Trinajstić information content (AvgIpc) is 2.88. The Morgan fingerprint density at radius 1 is 1.12 bits per heavy atom. The van der Waals surface area contributed by atoms with Gasteiger partial charge in [-0.3, -0.25) is 4.79 Å². The lowest BCUT2D eigenvalue weighted by Gasteiger charge is -2.48. The number of Topliss-reactive ketones (excluding diaryl/α,β-unsaturated/α-hetero) is 1. The minimum Gasteiger partial charge on any atom is -0.358 e. The molecule has 0 aromatic heterocycles. The van der Waals surface area contributed by atoms with Crippen molar-refractivity contribution in [1.82, 2.24) is 0 Å². The fourth-order valence-corrected chi connectivity index (χ4v) is 7.11. The highest BCUT2D eigenvalue weighted by Crippen LogP contribution is 2.73. The summed E-state index contributed by atoms with van der Waals surface area (Å²) in [6, 6.07) is 0. The molecule has 4 aliphatic carbocycles. The number of epoxide rings is 1. The maximum absolute atomic E-state index is 12.5. The van der Waals surface area contributed by atoms with Gasteiger partial charge >= 0.3 is 0 Å². The van der Waals surface area contributed by atoms with E-state index in [9.17, 15) is 4.79 Å². The van der Waals surface area contributed by atoms with Crippen molar-refractivity contribution in [2.24, 2.45) is 17.3 Å². The third-order valence-corrected chi connectivity index (χ3v) is 8.38. The Bertz CT molecular complexity index is 663. The van der Waals surface area contributed by atoms with Crippen molar-refractivity contribution in [3.63, 3.8) is 0 Å². The highest BCUT2D eigenvalue weighted by Gasteiger charge is 2.79. The number of allylic oxidation sites excluding steroid dienone is 1. The van der Waals surface area contributed by atoms with Crippen LogP contribution >= 0.6 is 0 Å². The molecule has 6 aliphatic rings. The number of hydrogen-bond donors (Lipinski definition) is 0. The zero-order valence-electron chi connectivity index (χ0n) is 14.4. The first-order chi connectivity index (χ1) is 11.5. The second-order valence-electron chi connectivity index (χ2n) is 9.20. The van der Waals surface area contributed by atoms with Gasteiger partial charge in [-0.2, -0.15) is 0 Å². The van der Waals surface area contributed by atoms with Crippen LogP contribution in [0, 0.1) is 17.3 Å². The number of hydrogen-bond acceptors (Lipinski definition) is 4. The molecule has 2 heterocycles. The van der Waals surface area contributed by atoms with Crippen LogP contribution in [0.25, 0.3) is 0 Å². The largest absolute Gasteiger partial charge is 0.358 e. The van der Waals surface area contributed by atoms with Gasteiger partial charge in [0.1, 0.15) is 17.0 Å². The summed E-state index contributed by atoms with van der Waals surface area (Å²) >= 11 is 0. The van der Waals surface area contributed by atoms with Gasteiger partial charge in [0.15, 0.2) is 5.79 Å². The van der Waals surface area contributed by atoms with Crippen LogP contribution in [0.5, 0.6) is 0 Å². The summed E-state index contributed by atoms with van der Waals surface area (Å²) in [6.45, 7) is 3.65. The summed E-state index contributed by atoms with van der Waals surface area (Å²) in [6.07, 6.45) is 10.3. The first-order valence-electron chi connectivity index (χ1n) is 9.75. The van der Waals surface area contributed by atoms with Crippen LogP contribution in [-0.4, -0.2) is 36.0 Å². The highest BCUT2D eigenvalue weighted by atomic mass is 16.7. The van der Waals surface area contributed by atoms with E-state index < -0.39 is 0 Å². The Morgan fingerprint density at radius 3 is 2.79 bits per heavy atom. The summed E-state index contributed by atoms with van der Waals surface area (Å²) in [5.74, 6) is 1.21. The van der Waals surface area contributed by atoms with Crippen molar-refractivity contribution >= 4 is 5.78 Å². The van der Waals surface area contributed by atoms with Crippen LogP contribution in [0.1, 0.15) is 58.3 Å². The molecule has 1 spiro atoms. The predicted octanol–water partition coefficient (Wildman–Crippen LogP) is 3.15. The van der Waals surface area contributed by atoms with Crippen LogP contribution in [0.4, 0.5) is 0 Å². The van der Waals surface area contributed by atoms with Gasteiger partial charge in [0.25, 0.3) is 0 Å². The SMILES string of the molecule is C[C@@]12CC=C3[C@@H](CC[C@@]45CC6(CC[C@@]34O5)OCCO6)[C@@H]1CCC2=O. The van der Waals surface area contributed by atoms with E-state index in [1.807, 2.05) is 0 Å². The molecule has 0 unspecified atom stereocenters. The van der Waals surface area contributed by atoms with Gasteiger partial charge in [-0.25, -0.2) is 0 Å². The number of fused-ring (bicyclic) bond motifs is 3. The molecule has 3 saturated carbocycles. The molecule has 2 aliphatic heterocycles. The van der Waals surface area contributed by atoms with Crippen LogP contribution in [-0.2, 0) is 19.0 Å². The normalized spacial score (nSPS) is 53.9. The van der Waals surface area contributed by atoms with Crippen LogP contribution in [0.15, 0.2) is 11.6 Å². The van der Waals surface area contributed by atoms with E-state index in [1.165, 1.54) is 0 Å². The number of rotatable bonds is 0. The molecule has 0 bridgehead atoms. The number of carbonyl (C=O) groups is 1. The Labute approximate surface area is 142 Å². The standard InChI is InChI=1S/C20H26O4/c1-17-6-5-15-13(14(17)2-3-16(17)21)4-7-18-12-19(22-10-11-23-19)8-9-20(15,18)24-18/h5,13-14H,2-4,6-12H2,1H3/t13-,14-,17+,18+,20+/m0/s1. The van der Waals surface area contributed by atoms with Gasteiger partial charge in [-0.1, -0.05) is 13.0 Å². The highest BCUT2D eigenvalue weighted by molar-refractivity contribution is 5.87. The van der Waals surface area contributed by atoms with E-state index in [1.54, 1.807) is 5.57 Å². The summed E-state index contributed by atoms with van der Waals surface area (Å²) in [7, 11) is 0. The predicted molar refractivity (Wildman–Crippen MR) is 86.3 cm³/mol. The molecule has 5 atom stereocenters. The third kappa shape index (κ3) is 1.47. The first kappa shape index (κ1) is 14.5. The molecule has 0 N–H and O–H groups in total. The minimum atomic E-state index is -0.375. The summed E-state index contributed by atoms with van der Waals surface area (Å²) < 4.78 is 18.5. The van der Waals surface area contributed by atoms with E-state index in [2.05, 4.69) is 13.0 Å². The van der Waals surface area contributed by atoms with E-state index >= 15 is 0 Å². The molecule has 24 heavy (non-hydrogen) atoms. The molecule has 0 aromatic carbocycles. The van der Waals surface area contributed by atoms with E-state index in [0.29, 0.717) is 17.6 Å². The molecule has 0 aromatic rings. The quantitative estimate of drug-likeness (QED) is 0.506. The van der Waals surface area contributed by atoms with Crippen LogP contribution < -0.4 is 0 Å². The van der Waals surface area contributed by atoms with Crippen molar-refractivity contribution < 1.29 is 19.0 Å². The summed E-state index contributed by atoms with van der Waals surface area (Å²) in [5.41, 5.74) is 1.34. The fourth-order valence-electron chi connectivity index (χ4n) is 7.11. The zero-order chi connectivity index (χ0) is 16.2. The van der Waals surface area contributed by atoms with Gasteiger partial charge in [0.2, 0.25) is 0 Å². The first-order valence-corrected chi connectivity index (χ1v) is 9.75. The molecule has 6 rings (SSSR count). The van der Waals surface area contributed by atoms with Crippen molar-refractivity contribution in [2.75, 3.05) is 13.2 Å². The van der Waals surface area contributed by atoms with Gasteiger partial charge in [-0.05, 0) is 49.5 Å². The second-order valence-corrected chi connectivity index (χ2v) is 9.20. The lowest BCUT2D eigenvalue weighted by atomic mass is 9.54. The number of ketones is 1. The van der Waals surface area contributed by atoms with E-state index in [4.69, 9.17) is 14.2 Å². The smallest absolute Gasteiger partial charge is 0.171 e. The van der Waals surface area contributed by atoms with Crippen molar-refractivity contribution in [2.45, 2.75) is 75.3 Å². The van der Waals surface area contributed by atoms with Gasteiger partial charge in [-0.15, -0.1) is 0 Å². The minimum absolute atomic E-state index is 0.0473. The molecular weight excluding hydrogens is 304 g/mol. The monoisotopic (exact) mass is 330 g/mol. The van der Waals surface area contributed by atoms with Crippen molar-refractivity contribution in [3.8, 4) is 0 Å². The molecule has 2 saturated heterocycles. The molecule has 4 heteroatoms. The molecule has 5 fully saturated rings. The second kappa shape index (κ2) is 4.16. The maximum atomic E-state index is 12.5. The van der Waals surface area contributed by atoms with E-state index in [-0.39, 0.29) is 22.4 Å². The maximum Gasteiger partial charge on any atom is 0.171 e. The summed E-state index contributed by atoms with van der Waals surface area (Å²) in [5, 5.41) is 0. The Kier molecular flexibility index (Phi) is 2.51. The van der Waals surface area contributed by atoms with Crippen molar-refractivity contribution in [3.05, 3.63) is 11.6 Å².